The van der Waals surface area contributed by atoms with Crippen molar-refractivity contribution in [2.75, 3.05) is 0 Å². The molecule has 2 heterocycles. The van der Waals surface area contributed by atoms with Gasteiger partial charge < -0.3 is 9.88 Å². The first-order chi connectivity index (χ1) is 16.5. The van der Waals surface area contributed by atoms with Gasteiger partial charge >= 0.3 is 5.69 Å². The van der Waals surface area contributed by atoms with Gasteiger partial charge in [0.25, 0.3) is 5.56 Å². The van der Waals surface area contributed by atoms with Gasteiger partial charge in [-0.05, 0) is 37.2 Å². The van der Waals surface area contributed by atoms with Crippen LogP contribution in [0.1, 0.15) is 69.9 Å². The van der Waals surface area contributed by atoms with Gasteiger partial charge in [0, 0.05) is 12.1 Å². The molecule has 5 rings (SSSR count). The van der Waals surface area contributed by atoms with Gasteiger partial charge in [0.1, 0.15) is 6.54 Å². The second kappa shape index (κ2) is 9.60. The molecule has 1 aromatic carbocycles. The molecule has 2 aromatic heterocycles. The number of nitrogens with zero attached hydrogens (tertiary/aromatic N) is 4. The number of nitrogens with one attached hydrogen (secondary N) is 1. The van der Waals surface area contributed by atoms with Gasteiger partial charge in [0.15, 0.2) is 11.2 Å². The van der Waals surface area contributed by atoms with Crippen molar-refractivity contribution in [3.8, 4) is 0 Å². The van der Waals surface area contributed by atoms with Gasteiger partial charge in [-0.1, -0.05) is 62.9 Å². The van der Waals surface area contributed by atoms with E-state index in [1.165, 1.54) is 11.0 Å². The van der Waals surface area contributed by atoms with E-state index >= 15 is 0 Å². The van der Waals surface area contributed by atoms with Gasteiger partial charge in [-0.3, -0.25) is 14.2 Å². The van der Waals surface area contributed by atoms with E-state index in [2.05, 4.69) is 17.2 Å². The molecule has 3 aromatic rings. The predicted octanol–water partition coefficient (Wildman–Crippen LogP) is 3.22. The Morgan fingerprint density at radius 3 is 2.44 bits per heavy atom. The van der Waals surface area contributed by atoms with E-state index in [-0.39, 0.29) is 24.5 Å². The van der Waals surface area contributed by atoms with Crippen LogP contribution in [-0.4, -0.2) is 30.6 Å². The molecule has 0 unspecified atom stereocenters. The predicted molar refractivity (Wildman–Crippen MR) is 131 cm³/mol. The quantitative estimate of drug-likeness (QED) is 0.608. The first-order valence-corrected chi connectivity index (χ1v) is 12.6. The molecule has 0 radical (unpaired) electrons. The lowest BCUT2D eigenvalue weighted by molar-refractivity contribution is -0.123. The Hall–Kier alpha value is -3.16. The fraction of sp³-hybridized carbons (Fsp3) is 0.538. The average molecular weight is 464 g/mol. The maximum absolute atomic E-state index is 13.6. The Morgan fingerprint density at radius 2 is 1.71 bits per heavy atom. The molecule has 2 atom stereocenters. The lowest BCUT2D eigenvalue weighted by atomic mass is 9.86. The molecule has 2 saturated carbocycles. The SMILES string of the molecule is C[C@H]1CCCC[C@H]1NC(=O)Cn1c(=O)c2c(ncn2C2CCCC2)n(Cc2ccccc2)c1=O. The highest BCUT2D eigenvalue weighted by molar-refractivity contribution is 5.77. The second-order valence-electron chi connectivity index (χ2n) is 9.94. The van der Waals surface area contributed by atoms with E-state index in [4.69, 9.17) is 0 Å². The topological polar surface area (TPSA) is 90.9 Å². The number of benzene rings is 1. The Balaban J connectivity index is 1.56. The number of aromatic nitrogens is 4. The molecule has 0 saturated heterocycles. The molecule has 2 fully saturated rings. The Morgan fingerprint density at radius 1 is 1.00 bits per heavy atom. The number of hydrogen-bond acceptors (Lipinski definition) is 4. The standard InChI is InChI=1S/C26H33N5O3/c1-18-9-5-8-14-21(18)28-22(32)16-30-25(33)23-24(27-17-31(23)20-12-6-7-13-20)29(26(30)34)15-19-10-3-2-4-11-19/h2-4,10-11,17-18,20-21H,5-9,12-16H2,1H3,(H,28,32)/t18-,21+/m0/s1. The molecule has 0 aliphatic heterocycles. The third-order valence-electron chi connectivity index (χ3n) is 7.60. The van der Waals surface area contributed by atoms with Crippen molar-refractivity contribution < 1.29 is 4.79 Å². The summed E-state index contributed by atoms with van der Waals surface area (Å²) in [5, 5.41) is 3.08. The van der Waals surface area contributed by atoms with Crippen LogP contribution in [0.15, 0.2) is 46.2 Å². The molecule has 1 amide bonds. The molecule has 1 N–H and O–H groups in total. The number of imidazole rings is 1. The van der Waals surface area contributed by atoms with Crippen LogP contribution >= 0.6 is 0 Å². The molecule has 2 aliphatic rings. The second-order valence-corrected chi connectivity index (χ2v) is 9.94. The van der Waals surface area contributed by atoms with E-state index in [9.17, 15) is 14.4 Å². The minimum absolute atomic E-state index is 0.0937. The van der Waals surface area contributed by atoms with Crippen LogP contribution in [-0.2, 0) is 17.9 Å². The first kappa shape index (κ1) is 22.6. The molecule has 34 heavy (non-hydrogen) atoms. The van der Waals surface area contributed by atoms with Crippen molar-refractivity contribution >= 4 is 17.1 Å². The largest absolute Gasteiger partial charge is 0.352 e. The van der Waals surface area contributed by atoms with Gasteiger partial charge in [0.05, 0.1) is 12.9 Å². The van der Waals surface area contributed by atoms with E-state index in [0.29, 0.717) is 23.6 Å². The Labute approximate surface area is 198 Å². The third-order valence-corrected chi connectivity index (χ3v) is 7.60. The number of hydrogen-bond donors (Lipinski definition) is 1. The molecule has 8 nitrogen and oxygen atoms in total. The zero-order chi connectivity index (χ0) is 23.7. The van der Waals surface area contributed by atoms with Crippen LogP contribution in [0.5, 0.6) is 0 Å². The highest BCUT2D eigenvalue weighted by atomic mass is 16.2. The molecule has 8 heteroatoms. The maximum Gasteiger partial charge on any atom is 0.333 e. The lowest BCUT2D eigenvalue weighted by Gasteiger charge is -2.29. The summed E-state index contributed by atoms with van der Waals surface area (Å²) in [6.45, 7) is 2.16. The monoisotopic (exact) mass is 463 g/mol. The van der Waals surface area contributed by atoms with Crippen LogP contribution < -0.4 is 16.6 Å². The zero-order valence-corrected chi connectivity index (χ0v) is 19.8. The molecule has 0 bridgehead atoms. The summed E-state index contributed by atoms with van der Waals surface area (Å²) >= 11 is 0. The summed E-state index contributed by atoms with van der Waals surface area (Å²) in [5.74, 6) is 0.117. The number of carbonyl (C=O) groups is 1. The van der Waals surface area contributed by atoms with Crippen molar-refractivity contribution in [2.24, 2.45) is 5.92 Å². The van der Waals surface area contributed by atoms with Gasteiger partial charge in [-0.2, -0.15) is 0 Å². The number of amides is 1. The van der Waals surface area contributed by atoms with Crippen LogP contribution in [0, 0.1) is 5.92 Å². The van der Waals surface area contributed by atoms with Gasteiger partial charge in [0.2, 0.25) is 5.91 Å². The number of rotatable bonds is 6. The van der Waals surface area contributed by atoms with Crippen LogP contribution in [0.3, 0.4) is 0 Å². The van der Waals surface area contributed by atoms with E-state index in [1.54, 1.807) is 6.33 Å². The Kier molecular flexibility index (Phi) is 6.39. The van der Waals surface area contributed by atoms with E-state index < -0.39 is 11.2 Å². The summed E-state index contributed by atoms with van der Waals surface area (Å²) in [6.07, 6.45) is 10.2. The smallest absolute Gasteiger partial charge is 0.333 e. The van der Waals surface area contributed by atoms with Crippen molar-refractivity contribution in [2.45, 2.75) is 83.5 Å². The van der Waals surface area contributed by atoms with Crippen molar-refractivity contribution in [3.05, 3.63) is 63.1 Å². The van der Waals surface area contributed by atoms with Crippen molar-refractivity contribution in [1.29, 1.82) is 0 Å². The number of fused-ring (bicyclic) bond motifs is 1. The molecule has 180 valence electrons. The average Bonchev–Trinajstić information content (AvgIpc) is 3.52. The number of carbonyl (C=O) groups excluding carboxylic acids is 1. The molecule has 0 spiro atoms. The molecule has 2 aliphatic carbocycles. The highest BCUT2D eigenvalue weighted by Gasteiger charge is 2.26. The van der Waals surface area contributed by atoms with Crippen LogP contribution in [0.4, 0.5) is 0 Å². The maximum atomic E-state index is 13.6. The minimum Gasteiger partial charge on any atom is -0.352 e. The lowest BCUT2D eigenvalue weighted by Crippen LogP contribution is -2.47. The Bertz CT molecular complexity index is 1280. The molecular weight excluding hydrogens is 430 g/mol. The zero-order valence-electron chi connectivity index (χ0n) is 19.8. The van der Waals surface area contributed by atoms with E-state index in [1.807, 2.05) is 34.9 Å². The van der Waals surface area contributed by atoms with Crippen LogP contribution in [0.25, 0.3) is 11.2 Å². The first-order valence-electron chi connectivity index (χ1n) is 12.6. The normalized spacial score (nSPS) is 21.2. The summed E-state index contributed by atoms with van der Waals surface area (Å²) in [6, 6.07) is 9.95. The van der Waals surface area contributed by atoms with Crippen molar-refractivity contribution in [3.63, 3.8) is 0 Å². The summed E-state index contributed by atoms with van der Waals surface area (Å²) < 4.78 is 4.57. The fourth-order valence-corrected chi connectivity index (χ4v) is 5.64. The van der Waals surface area contributed by atoms with Gasteiger partial charge in [-0.25, -0.2) is 14.3 Å². The third kappa shape index (κ3) is 4.33. The van der Waals surface area contributed by atoms with Crippen LogP contribution in [0.2, 0.25) is 0 Å². The summed E-state index contributed by atoms with van der Waals surface area (Å²) in [5.41, 5.74) is 0.821. The highest BCUT2D eigenvalue weighted by Crippen LogP contribution is 2.31. The van der Waals surface area contributed by atoms with E-state index in [0.717, 1.165) is 55.1 Å². The van der Waals surface area contributed by atoms with Gasteiger partial charge in [-0.15, -0.1) is 0 Å². The summed E-state index contributed by atoms with van der Waals surface area (Å²) in [7, 11) is 0. The molecular formula is C26H33N5O3. The minimum atomic E-state index is -0.495. The fourth-order valence-electron chi connectivity index (χ4n) is 5.64. The van der Waals surface area contributed by atoms with Crippen molar-refractivity contribution in [1.82, 2.24) is 24.0 Å². The summed E-state index contributed by atoms with van der Waals surface area (Å²) in [4.78, 5) is 44.6.